The minimum atomic E-state index is 0.0917. The van der Waals surface area contributed by atoms with Gasteiger partial charge < -0.3 is 0 Å². The molecule has 0 heterocycles. The highest BCUT2D eigenvalue weighted by Crippen LogP contribution is 2.37. The van der Waals surface area contributed by atoms with Gasteiger partial charge in [0.05, 0.1) is 5.38 Å². The van der Waals surface area contributed by atoms with Crippen LogP contribution >= 0.6 is 11.6 Å². The molecule has 1 atom stereocenters. The van der Waals surface area contributed by atoms with Crippen molar-refractivity contribution in [3.63, 3.8) is 0 Å². The van der Waals surface area contributed by atoms with Crippen LogP contribution in [-0.2, 0) is 6.42 Å². The van der Waals surface area contributed by atoms with E-state index in [0.717, 1.165) is 6.42 Å². The lowest BCUT2D eigenvalue weighted by Gasteiger charge is -2.06. The van der Waals surface area contributed by atoms with Crippen LogP contribution in [0.5, 0.6) is 0 Å². The molecule has 0 saturated heterocycles. The average Bonchev–Trinajstić information content (AvgIpc) is 2.66. The second-order valence-electron chi connectivity index (χ2n) is 4.37. The Morgan fingerprint density at radius 1 is 1.00 bits per heavy atom. The van der Waals surface area contributed by atoms with E-state index in [1.807, 2.05) is 6.92 Å². The molecule has 0 spiro atoms. The number of benzene rings is 2. The van der Waals surface area contributed by atoms with Gasteiger partial charge in [-0.25, -0.2) is 0 Å². The van der Waals surface area contributed by atoms with Crippen LogP contribution in [0, 0.1) is 0 Å². The molecular weight excluding hydrogens is 216 g/mol. The fraction of sp³-hybridized carbons (Fsp3) is 0.200. The molecule has 0 saturated carbocycles. The Labute approximate surface area is 101 Å². The molecule has 2 aromatic carbocycles. The summed E-state index contributed by atoms with van der Waals surface area (Å²) in [7, 11) is 0. The van der Waals surface area contributed by atoms with Gasteiger partial charge in [0.25, 0.3) is 0 Å². The van der Waals surface area contributed by atoms with Gasteiger partial charge in [-0.05, 0) is 41.2 Å². The Morgan fingerprint density at radius 3 is 2.56 bits per heavy atom. The molecule has 0 aliphatic heterocycles. The van der Waals surface area contributed by atoms with E-state index in [4.69, 9.17) is 11.6 Å². The van der Waals surface area contributed by atoms with Gasteiger partial charge in [0.2, 0.25) is 0 Å². The number of hydrogen-bond donors (Lipinski definition) is 0. The van der Waals surface area contributed by atoms with Crippen LogP contribution in [0.1, 0.15) is 29.0 Å². The monoisotopic (exact) mass is 228 g/mol. The van der Waals surface area contributed by atoms with Crippen molar-refractivity contribution in [2.45, 2.75) is 18.7 Å². The molecule has 3 rings (SSSR count). The molecule has 2 aromatic rings. The van der Waals surface area contributed by atoms with Crippen molar-refractivity contribution in [3.05, 3.63) is 59.2 Å². The van der Waals surface area contributed by atoms with Crippen molar-refractivity contribution >= 4 is 11.6 Å². The zero-order chi connectivity index (χ0) is 11.1. The minimum absolute atomic E-state index is 0.0917. The standard InChI is InChI=1S/C15H13Cl/c1-10(16)11-6-7-15-13(8-11)9-12-4-2-3-5-14(12)15/h2-8,10H,9H2,1H3/t10-/m0/s1. The van der Waals surface area contributed by atoms with Crippen molar-refractivity contribution in [2.24, 2.45) is 0 Å². The van der Waals surface area contributed by atoms with Crippen molar-refractivity contribution < 1.29 is 0 Å². The molecule has 0 radical (unpaired) electrons. The number of alkyl halides is 1. The molecule has 16 heavy (non-hydrogen) atoms. The van der Waals surface area contributed by atoms with E-state index in [0.29, 0.717) is 0 Å². The van der Waals surface area contributed by atoms with Crippen LogP contribution in [0.3, 0.4) is 0 Å². The molecule has 1 aliphatic rings. The summed E-state index contributed by atoms with van der Waals surface area (Å²) < 4.78 is 0. The van der Waals surface area contributed by atoms with E-state index in [2.05, 4.69) is 42.5 Å². The first kappa shape index (κ1) is 9.92. The fourth-order valence-corrected chi connectivity index (χ4v) is 2.55. The number of halogens is 1. The first-order valence-electron chi connectivity index (χ1n) is 5.61. The van der Waals surface area contributed by atoms with Crippen LogP contribution in [0.15, 0.2) is 42.5 Å². The predicted octanol–water partition coefficient (Wildman–Crippen LogP) is 4.56. The Bertz CT molecular complexity index is 541. The molecule has 0 aromatic heterocycles. The van der Waals surface area contributed by atoms with Crippen LogP contribution < -0.4 is 0 Å². The number of hydrogen-bond acceptors (Lipinski definition) is 0. The summed E-state index contributed by atoms with van der Waals surface area (Å²) in [4.78, 5) is 0. The SMILES string of the molecule is C[C@H](Cl)c1ccc2c(c1)Cc1ccccc1-2. The lowest BCUT2D eigenvalue weighted by atomic mass is 10.0. The molecular formula is C15H13Cl. The highest BCUT2D eigenvalue weighted by Gasteiger charge is 2.18. The third-order valence-electron chi connectivity index (χ3n) is 3.28. The largest absolute Gasteiger partial charge is 0.118 e. The average molecular weight is 229 g/mol. The third-order valence-corrected chi connectivity index (χ3v) is 3.53. The van der Waals surface area contributed by atoms with Gasteiger partial charge in [-0.2, -0.15) is 0 Å². The molecule has 1 heteroatoms. The van der Waals surface area contributed by atoms with Crippen molar-refractivity contribution in [1.82, 2.24) is 0 Å². The molecule has 0 bridgehead atoms. The van der Waals surface area contributed by atoms with Gasteiger partial charge in [-0.15, -0.1) is 11.6 Å². The third kappa shape index (κ3) is 1.45. The van der Waals surface area contributed by atoms with E-state index in [1.165, 1.54) is 27.8 Å². The van der Waals surface area contributed by atoms with E-state index in [1.54, 1.807) is 0 Å². The van der Waals surface area contributed by atoms with Gasteiger partial charge in [-0.1, -0.05) is 42.5 Å². The molecule has 1 aliphatic carbocycles. The van der Waals surface area contributed by atoms with E-state index in [-0.39, 0.29) is 5.38 Å². The minimum Gasteiger partial charge on any atom is -0.118 e. The first-order valence-corrected chi connectivity index (χ1v) is 6.04. The van der Waals surface area contributed by atoms with Crippen molar-refractivity contribution in [3.8, 4) is 11.1 Å². The zero-order valence-corrected chi connectivity index (χ0v) is 9.96. The predicted molar refractivity (Wildman–Crippen MR) is 69.0 cm³/mol. The van der Waals surface area contributed by atoms with Crippen LogP contribution in [0.4, 0.5) is 0 Å². The topological polar surface area (TPSA) is 0 Å². The van der Waals surface area contributed by atoms with Crippen molar-refractivity contribution in [1.29, 1.82) is 0 Å². The summed E-state index contributed by atoms with van der Waals surface area (Å²) in [5.41, 5.74) is 6.80. The molecule has 0 fully saturated rings. The zero-order valence-electron chi connectivity index (χ0n) is 9.20. The van der Waals surface area contributed by atoms with Gasteiger partial charge in [0.15, 0.2) is 0 Å². The van der Waals surface area contributed by atoms with Crippen LogP contribution in [-0.4, -0.2) is 0 Å². The fourth-order valence-electron chi connectivity index (χ4n) is 2.41. The number of fused-ring (bicyclic) bond motifs is 3. The molecule has 0 nitrogen and oxygen atoms in total. The summed E-state index contributed by atoms with van der Waals surface area (Å²) in [6, 6.07) is 15.2. The molecule has 80 valence electrons. The van der Waals surface area contributed by atoms with Crippen molar-refractivity contribution in [2.75, 3.05) is 0 Å². The lowest BCUT2D eigenvalue weighted by molar-refractivity contribution is 1.07. The lowest BCUT2D eigenvalue weighted by Crippen LogP contribution is -1.87. The summed E-state index contributed by atoms with van der Waals surface area (Å²) >= 11 is 6.12. The quantitative estimate of drug-likeness (QED) is 0.536. The maximum Gasteiger partial charge on any atom is 0.0557 e. The molecule has 0 amide bonds. The molecule has 0 N–H and O–H groups in total. The van der Waals surface area contributed by atoms with E-state index >= 15 is 0 Å². The van der Waals surface area contributed by atoms with Crippen LogP contribution in [0.2, 0.25) is 0 Å². The normalized spacial score (nSPS) is 14.4. The Hall–Kier alpha value is -1.27. The summed E-state index contributed by atoms with van der Waals surface area (Å²) in [6.07, 6.45) is 1.04. The second kappa shape index (κ2) is 3.64. The van der Waals surface area contributed by atoms with Gasteiger partial charge >= 0.3 is 0 Å². The second-order valence-corrected chi connectivity index (χ2v) is 5.02. The molecule has 0 unspecified atom stereocenters. The van der Waals surface area contributed by atoms with Gasteiger partial charge in [0, 0.05) is 0 Å². The summed E-state index contributed by atoms with van der Waals surface area (Å²) in [5, 5.41) is 0.0917. The smallest absolute Gasteiger partial charge is 0.0557 e. The Kier molecular flexibility index (Phi) is 2.26. The maximum absolute atomic E-state index is 6.12. The maximum atomic E-state index is 6.12. The van der Waals surface area contributed by atoms with Gasteiger partial charge in [-0.3, -0.25) is 0 Å². The van der Waals surface area contributed by atoms with Gasteiger partial charge in [0.1, 0.15) is 0 Å². The number of rotatable bonds is 1. The Morgan fingerprint density at radius 2 is 1.75 bits per heavy atom. The summed E-state index contributed by atoms with van der Waals surface area (Å²) in [5.74, 6) is 0. The summed E-state index contributed by atoms with van der Waals surface area (Å²) in [6.45, 7) is 2.02. The van der Waals surface area contributed by atoms with E-state index in [9.17, 15) is 0 Å². The highest BCUT2D eigenvalue weighted by atomic mass is 35.5. The van der Waals surface area contributed by atoms with Crippen LogP contribution in [0.25, 0.3) is 11.1 Å². The highest BCUT2D eigenvalue weighted by molar-refractivity contribution is 6.20. The Balaban J connectivity index is 2.14. The van der Waals surface area contributed by atoms with E-state index < -0.39 is 0 Å². The first-order chi connectivity index (χ1) is 7.75.